The minimum Gasteiger partial charge on any atom is -0.302 e. The van der Waals surface area contributed by atoms with E-state index in [0.717, 1.165) is 29.3 Å². The summed E-state index contributed by atoms with van der Waals surface area (Å²) < 4.78 is 0. The maximum Gasteiger partial charge on any atom is 0.0621 e. The van der Waals surface area contributed by atoms with Gasteiger partial charge in [0, 0.05) is 24.0 Å². The minimum atomic E-state index is 0.0824. The maximum atomic E-state index is 6.27. The third-order valence-electron chi connectivity index (χ3n) is 5.03. The van der Waals surface area contributed by atoms with Gasteiger partial charge in [0.05, 0.1) is 5.02 Å². The average Bonchev–Trinajstić information content (AvgIpc) is 2.46. The van der Waals surface area contributed by atoms with E-state index in [-0.39, 0.29) is 11.6 Å². The van der Waals surface area contributed by atoms with Gasteiger partial charge in [0.25, 0.3) is 0 Å². The van der Waals surface area contributed by atoms with Crippen molar-refractivity contribution in [1.82, 2.24) is 15.3 Å². The van der Waals surface area contributed by atoms with E-state index in [1.807, 2.05) is 6.07 Å². The third kappa shape index (κ3) is 3.57. The summed E-state index contributed by atoms with van der Waals surface area (Å²) in [7, 11) is 4.33. The lowest BCUT2D eigenvalue weighted by molar-refractivity contribution is 0.0373. The number of aromatic nitrogens is 1. The quantitative estimate of drug-likeness (QED) is 0.648. The summed E-state index contributed by atoms with van der Waals surface area (Å²) in [5.74, 6) is 6.66. The fourth-order valence-corrected chi connectivity index (χ4v) is 3.99. The molecule has 1 fully saturated rings. The van der Waals surface area contributed by atoms with E-state index in [4.69, 9.17) is 17.4 Å². The second-order valence-electron chi connectivity index (χ2n) is 6.59. The number of hydrogen-bond donors (Lipinski definition) is 2. The summed E-state index contributed by atoms with van der Waals surface area (Å²) in [5, 5.41) is 0.718. The Kier molecular flexibility index (Phi) is 5.60. The van der Waals surface area contributed by atoms with Crippen LogP contribution in [0.15, 0.2) is 18.5 Å². The molecule has 0 bridgehead atoms. The van der Waals surface area contributed by atoms with Crippen molar-refractivity contribution in [2.45, 2.75) is 50.6 Å². The molecule has 1 aromatic heterocycles. The van der Waals surface area contributed by atoms with Gasteiger partial charge in [-0.3, -0.25) is 16.3 Å². The number of hydrazine groups is 1. The van der Waals surface area contributed by atoms with Crippen LogP contribution >= 0.6 is 11.6 Å². The second kappa shape index (κ2) is 7.05. The Morgan fingerprint density at radius 1 is 1.57 bits per heavy atom. The summed E-state index contributed by atoms with van der Waals surface area (Å²) >= 11 is 6.27. The fraction of sp³-hybridized carbons (Fsp3) is 0.688. The number of halogens is 1. The van der Waals surface area contributed by atoms with Gasteiger partial charge in [0.2, 0.25) is 0 Å². The third-order valence-corrected chi connectivity index (χ3v) is 5.37. The van der Waals surface area contributed by atoms with Gasteiger partial charge in [0.1, 0.15) is 0 Å². The van der Waals surface area contributed by atoms with Gasteiger partial charge in [-0.15, -0.1) is 0 Å². The van der Waals surface area contributed by atoms with Crippen LogP contribution in [0.25, 0.3) is 0 Å². The SMILES string of the molecule is CC1CCCC(C(Cc2ccncc2Cl)NN)(N(C)C)C1. The highest BCUT2D eigenvalue weighted by Gasteiger charge is 2.43. The average molecular weight is 311 g/mol. The van der Waals surface area contributed by atoms with Crippen LogP contribution in [-0.2, 0) is 6.42 Å². The van der Waals surface area contributed by atoms with Gasteiger partial charge < -0.3 is 4.90 Å². The highest BCUT2D eigenvalue weighted by molar-refractivity contribution is 6.31. The van der Waals surface area contributed by atoms with Crippen LogP contribution in [0, 0.1) is 5.92 Å². The van der Waals surface area contributed by atoms with Crippen LogP contribution in [0.3, 0.4) is 0 Å². The molecule has 0 radical (unpaired) electrons. The molecule has 0 spiro atoms. The molecule has 3 atom stereocenters. The number of nitrogens with zero attached hydrogens (tertiary/aromatic N) is 2. The lowest BCUT2D eigenvalue weighted by Gasteiger charge is -2.50. The van der Waals surface area contributed by atoms with E-state index in [2.05, 4.69) is 36.3 Å². The van der Waals surface area contributed by atoms with E-state index < -0.39 is 0 Å². The van der Waals surface area contributed by atoms with E-state index >= 15 is 0 Å². The molecule has 0 amide bonds. The Labute approximate surface area is 133 Å². The lowest BCUT2D eigenvalue weighted by Crippen LogP contribution is -2.63. The predicted molar refractivity (Wildman–Crippen MR) is 88.1 cm³/mol. The van der Waals surface area contributed by atoms with Crippen molar-refractivity contribution in [3.05, 3.63) is 29.0 Å². The van der Waals surface area contributed by atoms with E-state index in [1.54, 1.807) is 12.4 Å². The molecule has 3 unspecified atom stereocenters. The number of rotatable bonds is 5. The molecule has 2 rings (SSSR count). The Morgan fingerprint density at radius 2 is 2.33 bits per heavy atom. The summed E-state index contributed by atoms with van der Waals surface area (Å²) in [6.45, 7) is 2.34. The fourth-order valence-electron chi connectivity index (χ4n) is 3.79. The maximum absolute atomic E-state index is 6.27. The Balaban J connectivity index is 2.26. The van der Waals surface area contributed by atoms with Gasteiger partial charge >= 0.3 is 0 Å². The van der Waals surface area contributed by atoms with Crippen molar-refractivity contribution in [3.8, 4) is 0 Å². The first-order valence-electron chi connectivity index (χ1n) is 7.71. The molecule has 1 saturated carbocycles. The van der Waals surface area contributed by atoms with Gasteiger partial charge in [0.15, 0.2) is 0 Å². The topological polar surface area (TPSA) is 54.2 Å². The molecular formula is C16H27ClN4. The second-order valence-corrected chi connectivity index (χ2v) is 7.00. The first kappa shape index (κ1) is 16.7. The van der Waals surface area contributed by atoms with Crippen molar-refractivity contribution < 1.29 is 0 Å². The van der Waals surface area contributed by atoms with Crippen molar-refractivity contribution >= 4 is 11.6 Å². The zero-order valence-corrected chi connectivity index (χ0v) is 14.0. The van der Waals surface area contributed by atoms with Gasteiger partial charge in [-0.2, -0.15) is 0 Å². The first-order valence-corrected chi connectivity index (χ1v) is 8.09. The summed E-state index contributed by atoms with van der Waals surface area (Å²) in [6, 6.07) is 2.16. The lowest BCUT2D eigenvalue weighted by atomic mass is 9.70. The molecule has 0 aromatic carbocycles. The molecule has 1 aromatic rings. The summed E-state index contributed by atoms with van der Waals surface area (Å²) in [4.78, 5) is 6.41. The molecule has 1 aliphatic rings. The van der Waals surface area contributed by atoms with Gasteiger partial charge in [-0.05, 0) is 50.9 Å². The molecule has 4 nitrogen and oxygen atoms in total. The molecule has 1 heterocycles. The van der Waals surface area contributed by atoms with Crippen LogP contribution < -0.4 is 11.3 Å². The summed E-state index contributed by atoms with van der Waals surface area (Å²) in [6.07, 6.45) is 9.21. The number of pyridine rings is 1. The van der Waals surface area contributed by atoms with Crippen LogP contribution in [0.2, 0.25) is 5.02 Å². The zero-order chi connectivity index (χ0) is 15.5. The molecule has 1 aliphatic carbocycles. The monoisotopic (exact) mass is 310 g/mol. The molecule has 5 heteroatoms. The smallest absolute Gasteiger partial charge is 0.0621 e. The minimum absolute atomic E-state index is 0.0824. The highest BCUT2D eigenvalue weighted by atomic mass is 35.5. The van der Waals surface area contributed by atoms with Crippen molar-refractivity contribution in [3.63, 3.8) is 0 Å². The summed E-state index contributed by atoms with van der Waals surface area (Å²) in [5.41, 5.74) is 4.26. The van der Waals surface area contributed by atoms with Crippen molar-refractivity contribution in [2.75, 3.05) is 14.1 Å². The normalized spacial score (nSPS) is 27.8. The standard InChI is InChI=1S/C16H27ClN4/c1-12-5-4-7-16(10-12,21(2)3)15(20-18)9-13-6-8-19-11-14(13)17/h6,8,11-12,15,20H,4-5,7,9-10,18H2,1-3H3. The Morgan fingerprint density at radius 3 is 2.90 bits per heavy atom. The number of hydrogen-bond acceptors (Lipinski definition) is 4. The number of nitrogens with one attached hydrogen (secondary N) is 1. The molecule has 0 aliphatic heterocycles. The van der Waals surface area contributed by atoms with Gasteiger partial charge in [-0.25, -0.2) is 0 Å². The number of likely N-dealkylation sites (N-methyl/N-ethyl adjacent to an activating group) is 1. The van der Waals surface area contributed by atoms with Crippen molar-refractivity contribution in [1.29, 1.82) is 0 Å². The molecule has 118 valence electrons. The Bertz CT molecular complexity index is 465. The highest BCUT2D eigenvalue weighted by Crippen LogP contribution is 2.39. The molecule has 21 heavy (non-hydrogen) atoms. The predicted octanol–water partition coefficient (Wildman–Crippen LogP) is 2.62. The molecular weight excluding hydrogens is 284 g/mol. The number of nitrogens with two attached hydrogens (primary N) is 1. The largest absolute Gasteiger partial charge is 0.302 e. The Hall–Kier alpha value is -0.680. The van der Waals surface area contributed by atoms with Gasteiger partial charge in [-0.1, -0.05) is 31.4 Å². The molecule has 0 saturated heterocycles. The van der Waals surface area contributed by atoms with E-state index in [0.29, 0.717) is 0 Å². The van der Waals surface area contributed by atoms with E-state index in [1.165, 1.54) is 19.3 Å². The molecule has 3 N–H and O–H groups in total. The van der Waals surface area contributed by atoms with Crippen LogP contribution in [0.1, 0.15) is 38.2 Å². The van der Waals surface area contributed by atoms with Crippen LogP contribution in [-0.4, -0.2) is 35.6 Å². The van der Waals surface area contributed by atoms with E-state index in [9.17, 15) is 0 Å². The van der Waals surface area contributed by atoms with Crippen LogP contribution in [0.5, 0.6) is 0 Å². The van der Waals surface area contributed by atoms with Crippen LogP contribution in [0.4, 0.5) is 0 Å². The van der Waals surface area contributed by atoms with Crippen molar-refractivity contribution in [2.24, 2.45) is 11.8 Å². The zero-order valence-electron chi connectivity index (χ0n) is 13.3. The first-order chi connectivity index (χ1) is 9.99.